The van der Waals surface area contributed by atoms with Gasteiger partial charge >= 0.3 is 0 Å². The summed E-state index contributed by atoms with van der Waals surface area (Å²) in [7, 11) is 0. The molecule has 0 aliphatic rings. The third kappa shape index (κ3) is 4.03. The molecule has 0 saturated carbocycles. The maximum atomic E-state index is 5.82. The van der Waals surface area contributed by atoms with Crippen molar-refractivity contribution in [3.05, 3.63) is 35.9 Å². The van der Waals surface area contributed by atoms with E-state index >= 15 is 0 Å². The van der Waals surface area contributed by atoms with E-state index in [1.54, 1.807) is 0 Å². The second-order valence-electron chi connectivity index (χ2n) is 2.78. The summed E-state index contributed by atoms with van der Waals surface area (Å²) in [5.41, 5.74) is 1.37. The van der Waals surface area contributed by atoms with E-state index in [0.717, 1.165) is 11.5 Å². The predicted octanol–water partition coefficient (Wildman–Crippen LogP) is 3.55. The Bertz CT molecular complexity index is 208. The van der Waals surface area contributed by atoms with E-state index in [1.165, 1.54) is 5.56 Å². The molecular formula is C10H13ClS. The molecule has 0 aromatic heterocycles. The highest BCUT2D eigenvalue weighted by atomic mass is 35.5. The van der Waals surface area contributed by atoms with Crippen LogP contribution >= 0.6 is 23.4 Å². The van der Waals surface area contributed by atoms with Gasteiger partial charge in [0, 0.05) is 16.9 Å². The summed E-state index contributed by atoms with van der Waals surface area (Å²) >= 11 is 7.71. The zero-order chi connectivity index (χ0) is 8.81. The third-order valence-corrected chi connectivity index (χ3v) is 3.07. The Kier molecular flexibility index (Phi) is 4.55. The van der Waals surface area contributed by atoms with Crippen LogP contribution in [-0.4, -0.2) is 11.1 Å². The molecule has 0 radical (unpaired) electrons. The van der Waals surface area contributed by atoms with Crippen LogP contribution in [0.3, 0.4) is 0 Å². The minimum atomic E-state index is 0.277. The lowest BCUT2D eigenvalue weighted by Crippen LogP contribution is -1.94. The van der Waals surface area contributed by atoms with Gasteiger partial charge in [0.1, 0.15) is 0 Å². The molecule has 0 spiro atoms. The minimum absolute atomic E-state index is 0.277. The number of alkyl halides is 1. The molecule has 1 rings (SSSR count). The van der Waals surface area contributed by atoms with Crippen LogP contribution in [-0.2, 0) is 5.75 Å². The van der Waals surface area contributed by atoms with Crippen LogP contribution in [0.5, 0.6) is 0 Å². The summed E-state index contributed by atoms with van der Waals surface area (Å²) in [5, 5.41) is 0.277. The van der Waals surface area contributed by atoms with Crippen molar-refractivity contribution in [1.82, 2.24) is 0 Å². The maximum Gasteiger partial charge on any atom is 0.0398 e. The highest BCUT2D eigenvalue weighted by Crippen LogP contribution is 2.14. The lowest BCUT2D eigenvalue weighted by Gasteiger charge is -2.02. The van der Waals surface area contributed by atoms with Gasteiger partial charge in [0.2, 0.25) is 0 Å². The maximum absolute atomic E-state index is 5.82. The van der Waals surface area contributed by atoms with E-state index in [0.29, 0.717) is 0 Å². The van der Waals surface area contributed by atoms with Crippen molar-refractivity contribution >= 4 is 23.4 Å². The molecule has 0 aliphatic heterocycles. The summed E-state index contributed by atoms with van der Waals surface area (Å²) in [4.78, 5) is 0. The molecule has 12 heavy (non-hydrogen) atoms. The van der Waals surface area contributed by atoms with Crippen molar-refractivity contribution < 1.29 is 0 Å². The van der Waals surface area contributed by atoms with E-state index in [-0.39, 0.29) is 5.38 Å². The molecule has 0 aliphatic carbocycles. The number of hydrogen-bond acceptors (Lipinski definition) is 1. The predicted molar refractivity (Wildman–Crippen MR) is 57.9 cm³/mol. The molecule has 1 unspecified atom stereocenters. The number of hydrogen-bond donors (Lipinski definition) is 0. The van der Waals surface area contributed by atoms with Crippen molar-refractivity contribution in [1.29, 1.82) is 0 Å². The fraction of sp³-hybridized carbons (Fsp3) is 0.400. The van der Waals surface area contributed by atoms with Gasteiger partial charge < -0.3 is 0 Å². The lowest BCUT2D eigenvalue weighted by atomic mass is 10.2. The Morgan fingerprint density at radius 1 is 1.33 bits per heavy atom. The molecule has 0 nitrogen and oxygen atoms in total. The van der Waals surface area contributed by atoms with Gasteiger partial charge in [-0.1, -0.05) is 30.3 Å². The monoisotopic (exact) mass is 200 g/mol. The molecule has 0 bridgehead atoms. The third-order valence-electron chi connectivity index (χ3n) is 1.46. The van der Waals surface area contributed by atoms with Crippen LogP contribution in [0.2, 0.25) is 0 Å². The Labute approximate surface area is 83.3 Å². The van der Waals surface area contributed by atoms with Gasteiger partial charge in [-0.15, -0.1) is 11.6 Å². The molecule has 0 N–H and O–H groups in total. The van der Waals surface area contributed by atoms with E-state index in [4.69, 9.17) is 11.6 Å². The van der Waals surface area contributed by atoms with Crippen LogP contribution in [0.1, 0.15) is 12.5 Å². The molecule has 1 aromatic carbocycles. The zero-order valence-electron chi connectivity index (χ0n) is 7.16. The second-order valence-corrected chi connectivity index (χ2v) is 4.56. The molecular weight excluding hydrogens is 188 g/mol. The number of thioether (sulfide) groups is 1. The van der Waals surface area contributed by atoms with Crippen LogP contribution < -0.4 is 0 Å². The van der Waals surface area contributed by atoms with Gasteiger partial charge in [0.25, 0.3) is 0 Å². The topological polar surface area (TPSA) is 0 Å². The highest BCUT2D eigenvalue weighted by Gasteiger charge is 1.96. The van der Waals surface area contributed by atoms with Crippen molar-refractivity contribution in [3.63, 3.8) is 0 Å². The molecule has 0 fully saturated rings. The number of benzene rings is 1. The Hall–Kier alpha value is -0.140. The first-order chi connectivity index (χ1) is 5.79. The van der Waals surface area contributed by atoms with Crippen molar-refractivity contribution in [2.75, 3.05) is 5.75 Å². The first kappa shape index (κ1) is 9.94. The van der Waals surface area contributed by atoms with E-state index in [1.807, 2.05) is 24.8 Å². The first-order valence-electron chi connectivity index (χ1n) is 4.05. The smallest absolute Gasteiger partial charge is 0.0398 e. The molecule has 0 heterocycles. The summed E-state index contributed by atoms with van der Waals surface area (Å²) in [6.07, 6.45) is 0. The Balaban J connectivity index is 2.25. The van der Waals surface area contributed by atoms with E-state index in [9.17, 15) is 0 Å². The quantitative estimate of drug-likeness (QED) is 0.670. The first-order valence-corrected chi connectivity index (χ1v) is 5.64. The second kappa shape index (κ2) is 5.50. The molecule has 0 saturated heterocycles. The lowest BCUT2D eigenvalue weighted by molar-refractivity contribution is 1.11. The summed E-state index contributed by atoms with van der Waals surface area (Å²) in [6.45, 7) is 2.03. The molecule has 0 amide bonds. The summed E-state index contributed by atoms with van der Waals surface area (Å²) in [6, 6.07) is 10.5. The molecule has 66 valence electrons. The largest absolute Gasteiger partial charge is 0.156 e. The molecule has 2 heteroatoms. The Morgan fingerprint density at radius 3 is 2.58 bits per heavy atom. The van der Waals surface area contributed by atoms with Crippen molar-refractivity contribution in [3.8, 4) is 0 Å². The summed E-state index contributed by atoms with van der Waals surface area (Å²) in [5.74, 6) is 2.09. The van der Waals surface area contributed by atoms with Gasteiger partial charge in [-0.2, -0.15) is 11.8 Å². The SMILES string of the molecule is CC(Cl)CSCc1ccccc1. The fourth-order valence-electron chi connectivity index (χ4n) is 0.913. The van der Waals surface area contributed by atoms with Gasteiger partial charge in [-0.25, -0.2) is 0 Å². The summed E-state index contributed by atoms with van der Waals surface area (Å²) < 4.78 is 0. The van der Waals surface area contributed by atoms with Crippen LogP contribution in [0.4, 0.5) is 0 Å². The highest BCUT2D eigenvalue weighted by molar-refractivity contribution is 7.98. The van der Waals surface area contributed by atoms with Crippen molar-refractivity contribution in [2.24, 2.45) is 0 Å². The normalized spacial score (nSPS) is 12.8. The van der Waals surface area contributed by atoms with Gasteiger partial charge in [-0.3, -0.25) is 0 Å². The number of halogens is 1. The van der Waals surface area contributed by atoms with Gasteiger partial charge in [0.05, 0.1) is 0 Å². The molecule has 1 aromatic rings. The fourth-order valence-corrected chi connectivity index (χ4v) is 2.05. The average Bonchev–Trinajstić information content (AvgIpc) is 2.05. The van der Waals surface area contributed by atoms with Crippen molar-refractivity contribution in [2.45, 2.75) is 18.1 Å². The molecule has 1 atom stereocenters. The minimum Gasteiger partial charge on any atom is -0.156 e. The van der Waals surface area contributed by atoms with Gasteiger partial charge in [-0.05, 0) is 12.5 Å². The van der Waals surface area contributed by atoms with E-state index < -0.39 is 0 Å². The number of rotatable bonds is 4. The van der Waals surface area contributed by atoms with Crippen LogP contribution in [0.15, 0.2) is 30.3 Å². The average molecular weight is 201 g/mol. The Morgan fingerprint density at radius 2 is 2.00 bits per heavy atom. The van der Waals surface area contributed by atoms with Crippen LogP contribution in [0.25, 0.3) is 0 Å². The van der Waals surface area contributed by atoms with Gasteiger partial charge in [0.15, 0.2) is 0 Å². The zero-order valence-corrected chi connectivity index (χ0v) is 8.74. The van der Waals surface area contributed by atoms with Crippen LogP contribution in [0, 0.1) is 0 Å². The standard InChI is InChI=1S/C10H13ClS/c1-9(11)7-12-8-10-5-3-2-4-6-10/h2-6,9H,7-8H2,1H3. The van der Waals surface area contributed by atoms with E-state index in [2.05, 4.69) is 24.3 Å².